The van der Waals surface area contributed by atoms with Gasteiger partial charge < -0.3 is 4.57 Å². The highest BCUT2D eigenvalue weighted by Crippen LogP contribution is 2.25. The Labute approximate surface area is 102 Å². The van der Waals surface area contributed by atoms with Crippen molar-refractivity contribution in [1.82, 2.24) is 4.57 Å². The van der Waals surface area contributed by atoms with Gasteiger partial charge >= 0.3 is 0 Å². The van der Waals surface area contributed by atoms with Crippen LogP contribution in [0.4, 0.5) is 4.39 Å². The van der Waals surface area contributed by atoms with Gasteiger partial charge in [0.25, 0.3) is 0 Å². The molecule has 1 rings (SSSR count). The van der Waals surface area contributed by atoms with Crippen LogP contribution in [-0.4, -0.2) is 4.57 Å². The van der Waals surface area contributed by atoms with Crippen LogP contribution in [0.25, 0.3) is 5.70 Å². The van der Waals surface area contributed by atoms with Crippen molar-refractivity contribution in [3.05, 3.63) is 52.5 Å². The number of halogens is 3. The fourth-order valence-electron chi connectivity index (χ4n) is 1.01. The molecule has 0 aliphatic rings. The van der Waals surface area contributed by atoms with Crippen molar-refractivity contribution in [2.75, 3.05) is 0 Å². The van der Waals surface area contributed by atoms with E-state index in [1.54, 1.807) is 29.1 Å². The quantitative estimate of drug-likeness (QED) is 0.713. The molecule has 0 saturated carbocycles. The predicted octanol–water partition coefficient (Wildman–Crippen LogP) is 4.68. The molecule has 0 unspecified atom stereocenters. The fourth-order valence-corrected chi connectivity index (χ4v) is 1.78. The van der Waals surface area contributed by atoms with Crippen LogP contribution in [0.1, 0.15) is 6.92 Å². The summed E-state index contributed by atoms with van der Waals surface area (Å²) in [6, 6.07) is 3.64. The van der Waals surface area contributed by atoms with Gasteiger partial charge in [0.05, 0.1) is 5.70 Å². The molecule has 0 aromatic carbocycles. The van der Waals surface area contributed by atoms with E-state index in [9.17, 15) is 4.39 Å². The number of rotatable bonds is 3. The van der Waals surface area contributed by atoms with Gasteiger partial charge in [0.2, 0.25) is 0 Å². The van der Waals surface area contributed by atoms with Gasteiger partial charge in [0, 0.05) is 21.9 Å². The lowest BCUT2D eigenvalue weighted by atomic mass is 10.3. The minimum Gasteiger partial charge on any atom is -0.321 e. The predicted molar refractivity (Wildman–Crippen MR) is 66.4 cm³/mol. The van der Waals surface area contributed by atoms with Crippen LogP contribution in [0.15, 0.2) is 52.5 Å². The van der Waals surface area contributed by atoms with Gasteiger partial charge in [-0.05, 0) is 41.1 Å². The van der Waals surface area contributed by atoms with E-state index in [2.05, 4.69) is 15.9 Å². The highest BCUT2D eigenvalue weighted by molar-refractivity contribution is 9.12. The van der Waals surface area contributed by atoms with Crippen molar-refractivity contribution >= 4 is 33.2 Å². The average Bonchev–Trinajstić information content (AvgIpc) is 2.72. The Morgan fingerprint density at radius 1 is 1.40 bits per heavy atom. The lowest BCUT2D eigenvalue weighted by Crippen LogP contribution is -1.92. The Morgan fingerprint density at radius 2 is 2.00 bits per heavy atom. The average molecular weight is 291 g/mol. The zero-order chi connectivity index (χ0) is 11.3. The summed E-state index contributed by atoms with van der Waals surface area (Å²) in [7, 11) is 0. The lowest BCUT2D eigenvalue weighted by molar-refractivity contribution is 0.717. The van der Waals surface area contributed by atoms with Gasteiger partial charge in [-0.3, -0.25) is 0 Å². The molecule has 0 amide bonds. The summed E-state index contributed by atoms with van der Waals surface area (Å²) < 4.78 is 14.9. The van der Waals surface area contributed by atoms with E-state index in [1.165, 1.54) is 0 Å². The van der Waals surface area contributed by atoms with Crippen molar-refractivity contribution in [2.24, 2.45) is 0 Å². The molecule has 0 aliphatic carbocycles. The second-order valence-electron chi connectivity index (χ2n) is 2.75. The number of nitrogens with zero attached hydrogens (tertiary/aromatic N) is 1. The maximum atomic E-state index is 12.7. The molecular weight excluding hydrogens is 280 g/mol. The summed E-state index contributed by atoms with van der Waals surface area (Å²) >= 11 is 9.09. The fraction of sp³-hybridized carbons (Fsp3) is 0.0909. The highest BCUT2D eigenvalue weighted by atomic mass is 79.9. The van der Waals surface area contributed by atoms with Crippen molar-refractivity contribution < 1.29 is 4.39 Å². The molecule has 0 atom stereocenters. The van der Waals surface area contributed by atoms with Gasteiger partial charge in [-0.15, -0.1) is 0 Å². The van der Waals surface area contributed by atoms with Gasteiger partial charge in [-0.1, -0.05) is 17.7 Å². The molecule has 0 radical (unpaired) electrons. The first-order valence-electron chi connectivity index (χ1n) is 4.32. The third-order valence-corrected chi connectivity index (χ3v) is 2.73. The SMILES string of the molecule is C\C=C(Cl)/C=C(Br)\C(=C\F)n1cccc1. The molecule has 0 bridgehead atoms. The van der Waals surface area contributed by atoms with E-state index >= 15 is 0 Å². The molecule has 0 spiro atoms. The van der Waals surface area contributed by atoms with Crippen LogP contribution >= 0.6 is 27.5 Å². The molecule has 0 aliphatic heterocycles. The smallest absolute Gasteiger partial charge is 0.112 e. The third kappa shape index (κ3) is 3.36. The molecule has 0 saturated heterocycles. The van der Waals surface area contributed by atoms with Gasteiger partial charge in [0.15, 0.2) is 0 Å². The summed E-state index contributed by atoms with van der Waals surface area (Å²) in [5, 5.41) is 0.549. The summed E-state index contributed by atoms with van der Waals surface area (Å²) in [6.45, 7) is 1.81. The van der Waals surface area contributed by atoms with Crippen molar-refractivity contribution in [1.29, 1.82) is 0 Å². The number of hydrogen-bond donors (Lipinski definition) is 0. The van der Waals surface area contributed by atoms with Crippen LogP contribution in [0.3, 0.4) is 0 Å². The van der Waals surface area contributed by atoms with Crippen molar-refractivity contribution in [3.63, 3.8) is 0 Å². The molecule has 1 aromatic heterocycles. The van der Waals surface area contributed by atoms with E-state index < -0.39 is 0 Å². The van der Waals surface area contributed by atoms with Gasteiger partial charge in [0.1, 0.15) is 6.33 Å². The topological polar surface area (TPSA) is 4.93 Å². The maximum Gasteiger partial charge on any atom is 0.112 e. The lowest BCUT2D eigenvalue weighted by Gasteiger charge is -2.05. The Hall–Kier alpha value is -0.800. The second-order valence-corrected chi connectivity index (χ2v) is 4.04. The first kappa shape index (κ1) is 12.3. The summed E-state index contributed by atoms with van der Waals surface area (Å²) in [5.74, 6) is 0. The number of allylic oxidation sites excluding steroid dienone is 5. The normalized spacial score (nSPS) is 14.5. The Morgan fingerprint density at radius 3 is 2.47 bits per heavy atom. The molecule has 1 nitrogen and oxygen atoms in total. The van der Waals surface area contributed by atoms with E-state index in [-0.39, 0.29) is 0 Å². The zero-order valence-electron chi connectivity index (χ0n) is 8.12. The molecule has 80 valence electrons. The molecule has 0 N–H and O–H groups in total. The van der Waals surface area contributed by atoms with Crippen molar-refractivity contribution in [2.45, 2.75) is 6.92 Å². The summed E-state index contributed by atoms with van der Waals surface area (Å²) in [6.07, 6.45) is 7.41. The molecule has 1 heterocycles. The molecule has 1 aromatic rings. The molecule has 0 fully saturated rings. The Bertz CT molecular complexity index is 404. The maximum absolute atomic E-state index is 12.7. The summed E-state index contributed by atoms with van der Waals surface area (Å²) in [5.41, 5.74) is 0.403. The Balaban J connectivity index is 3.01. The van der Waals surface area contributed by atoms with Crippen LogP contribution in [0.2, 0.25) is 0 Å². The summed E-state index contributed by atoms with van der Waals surface area (Å²) in [4.78, 5) is 0. The minimum absolute atomic E-state index is 0.403. The van der Waals surface area contributed by atoms with Crippen LogP contribution in [0, 0.1) is 0 Å². The van der Waals surface area contributed by atoms with Gasteiger partial charge in [-0.2, -0.15) is 0 Å². The Kier molecular flexibility index (Phi) is 4.85. The van der Waals surface area contributed by atoms with E-state index in [0.29, 0.717) is 21.5 Å². The largest absolute Gasteiger partial charge is 0.321 e. The zero-order valence-corrected chi connectivity index (χ0v) is 10.5. The van der Waals surface area contributed by atoms with Crippen molar-refractivity contribution in [3.8, 4) is 0 Å². The van der Waals surface area contributed by atoms with Crippen LogP contribution < -0.4 is 0 Å². The van der Waals surface area contributed by atoms with E-state index in [4.69, 9.17) is 11.6 Å². The third-order valence-electron chi connectivity index (χ3n) is 1.77. The molecule has 15 heavy (non-hydrogen) atoms. The van der Waals surface area contributed by atoms with Gasteiger partial charge in [-0.25, -0.2) is 4.39 Å². The highest BCUT2D eigenvalue weighted by Gasteiger charge is 2.04. The number of aromatic nitrogens is 1. The molecular formula is C11H10BrClFN. The van der Waals surface area contributed by atoms with E-state index in [0.717, 1.165) is 0 Å². The monoisotopic (exact) mass is 289 g/mol. The first-order valence-corrected chi connectivity index (χ1v) is 5.49. The first-order chi connectivity index (χ1) is 7.19. The van der Waals surface area contributed by atoms with Crippen LogP contribution in [-0.2, 0) is 0 Å². The standard InChI is InChI=1S/C11H10BrClFN/c1-2-9(13)7-10(12)11(8-14)15-5-3-4-6-15/h2-8H,1H3/b9-2+,10-7+,11-8-. The second kappa shape index (κ2) is 5.93. The minimum atomic E-state index is 0.403. The number of hydrogen-bond acceptors (Lipinski definition) is 0. The molecule has 4 heteroatoms. The van der Waals surface area contributed by atoms with E-state index in [1.807, 2.05) is 19.1 Å². The van der Waals surface area contributed by atoms with Crippen LogP contribution in [0.5, 0.6) is 0 Å².